The average Bonchev–Trinajstić information content (AvgIpc) is 1.41. The second kappa shape index (κ2) is 9.21. The van der Waals surface area contributed by atoms with Gasteiger partial charge in [0.15, 0.2) is 0 Å². The van der Waals surface area contributed by atoms with E-state index >= 15 is 0 Å². The summed E-state index contributed by atoms with van der Waals surface area (Å²) in [5, 5.41) is 0. The van der Waals surface area contributed by atoms with Gasteiger partial charge in [0, 0.05) is 23.9 Å². The maximum atomic E-state index is 5.06. The van der Waals surface area contributed by atoms with E-state index in [2.05, 4.69) is 0 Å². The summed E-state index contributed by atoms with van der Waals surface area (Å²) in [7, 11) is 0. The van der Waals surface area contributed by atoms with E-state index in [1.165, 1.54) is 0 Å². The van der Waals surface area contributed by atoms with Crippen LogP contribution in [0.5, 0.6) is 0 Å². The first-order chi connectivity index (χ1) is 2.41. The van der Waals surface area contributed by atoms with Crippen molar-refractivity contribution in [1.82, 2.24) is 0 Å². The van der Waals surface area contributed by atoms with Crippen LogP contribution in [0.2, 0.25) is 0 Å². The van der Waals surface area contributed by atoms with Gasteiger partial charge in [0.25, 0.3) is 0 Å². The van der Waals surface area contributed by atoms with Crippen molar-refractivity contribution in [1.29, 1.82) is 0 Å². The summed E-state index contributed by atoms with van der Waals surface area (Å²) in [4.78, 5) is 0. The van der Waals surface area contributed by atoms with Crippen molar-refractivity contribution in [2.45, 2.75) is 6.42 Å². The van der Waals surface area contributed by atoms with Crippen LogP contribution in [0, 0.1) is 0 Å². The molecule has 0 spiro atoms. The average molecular weight is 193 g/mol. The van der Waals surface area contributed by atoms with Gasteiger partial charge in [0.05, 0.1) is 0 Å². The molecule has 4 N–H and O–H groups in total. The van der Waals surface area contributed by atoms with Gasteiger partial charge in [-0.05, 0) is 19.5 Å². The molecule has 4 radical (unpaired) electrons. The van der Waals surface area contributed by atoms with Crippen LogP contribution in [0.1, 0.15) is 6.42 Å². The molecule has 0 aromatic rings. The number of hydrogen-bond donors (Lipinski definition) is 2. The third-order valence-electron chi connectivity index (χ3n) is 0.408. The van der Waals surface area contributed by atoms with Crippen molar-refractivity contribution in [3.8, 4) is 0 Å². The molecule has 0 aliphatic rings. The first kappa shape index (κ1) is 9.87. The summed E-state index contributed by atoms with van der Waals surface area (Å²) in [6, 6.07) is 0. The zero-order chi connectivity index (χ0) is 4.12. The fraction of sp³-hybridized carbons (Fsp3) is 1.00. The zero-order valence-corrected chi connectivity index (χ0v) is 6.63. The van der Waals surface area contributed by atoms with Gasteiger partial charge < -0.3 is 11.5 Å². The van der Waals surface area contributed by atoms with Crippen LogP contribution < -0.4 is 11.5 Å². The molecule has 0 rings (SSSR count). The minimum Gasteiger partial charge on any atom is -0.330 e. The van der Waals surface area contributed by atoms with E-state index in [1.807, 2.05) is 0 Å². The SMILES string of the molecule is NCCCN.[Sn]. The van der Waals surface area contributed by atoms with Gasteiger partial charge in [0.2, 0.25) is 0 Å². The first-order valence-electron chi connectivity index (χ1n) is 1.82. The number of nitrogens with two attached hydrogens (primary N) is 2. The van der Waals surface area contributed by atoms with Crippen molar-refractivity contribution < 1.29 is 0 Å². The molecule has 0 aliphatic heterocycles. The number of rotatable bonds is 2. The Morgan fingerprint density at radius 1 is 1.00 bits per heavy atom. The fourth-order valence-corrected chi connectivity index (χ4v) is 0.118. The van der Waals surface area contributed by atoms with Gasteiger partial charge in [-0.1, -0.05) is 0 Å². The monoisotopic (exact) mass is 194 g/mol. The predicted molar refractivity (Wildman–Crippen MR) is 28.5 cm³/mol. The van der Waals surface area contributed by atoms with Crippen LogP contribution in [0.15, 0.2) is 0 Å². The molecule has 0 saturated carbocycles. The van der Waals surface area contributed by atoms with Gasteiger partial charge in [-0.25, -0.2) is 0 Å². The molecule has 3 heteroatoms. The summed E-state index contributed by atoms with van der Waals surface area (Å²) in [6.45, 7) is 1.44. The van der Waals surface area contributed by atoms with E-state index < -0.39 is 0 Å². The maximum Gasteiger partial charge on any atom is 0 e. The Balaban J connectivity index is 0. The molecule has 0 aliphatic carbocycles. The molecule has 0 heterocycles. The van der Waals surface area contributed by atoms with Crippen LogP contribution in [-0.4, -0.2) is 37.0 Å². The standard InChI is InChI=1S/C3H10N2.Sn/c4-2-1-3-5;/h1-5H2;. The van der Waals surface area contributed by atoms with E-state index in [0.717, 1.165) is 19.5 Å². The molecule has 2 nitrogen and oxygen atoms in total. The molecule has 0 saturated heterocycles. The van der Waals surface area contributed by atoms with E-state index in [0.29, 0.717) is 0 Å². The minimum absolute atomic E-state index is 0. The molecule has 0 bridgehead atoms. The molecule has 0 atom stereocenters. The second-order valence-electron chi connectivity index (χ2n) is 0.931. The van der Waals surface area contributed by atoms with Crippen LogP contribution in [0.4, 0.5) is 0 Å². The fourth-order valence-electron chi connectivity index (χ4n) is 0.118. The van der Waals surface area contributed by atoms with Crippen molar-refractivity contribution in [2.24, 2.45) is 11.5 Å². The molecular formula is C3H10N2Sn. The van der Waals surface area contributed by atoms with E-state index in [4.69, 9.17) is 11.5 Å². The predicted octanol–water partition coefficient (Wildman–Crippen LogP) is -1.09. The molecule has 0 unspecified atom stereocenters. The summed E-state index contributed by atoms with van der Waals surface area (Å²) < 4.78 is 0. The molecule has 0 aromatic carbocycles. The van der Waals surface area contributed by atoms with Crippen molar-refractivity contribution >= 4 is 23.9 Å². The quantitative estimate of drug-likeness (QED) is 0.547. The Kier molecular flexibility index (Phi) is 15.1. The van der Waals surface area contributed by atoms with Gasteiger partial charge in [-0.3, -0.25) is 0 Å². The van der Waals surface area contributed by atoms with E-state index in [-0.39, 0.29) is 23.9 Å². The van der Waals surface area contributed by atoms with Crippen molar-refractivity contribution in [3.63, 3.8) is 0 Å². The van der Waals surface area contributed by atoms with Gasteiger partial charge in [-0.15, -0.1) is 0 Å². The maximum absolute atomic E-state index is 5.06. The van der Waals surface area contributed by atoms with Gasteiger partial charge in [-0.2, -0.15) is 0 Å². The van der Waals surface area contributed by atoms with Gasteiger partial charge >= 0.3 is 0 Å². The first-order valence-corrected chi connectivity index (χ1v) is 1.82. The third-order valence-corrected chi connectivity index (χ3v) is 0.408. The van der Waals surface area contributed by atoms with Crippen LogP contribution in [0.25, 0.3) is 0 Å². The Bertz CT molecular complexity index is 16.3. The van der Waals surface area contributed by atoms with Crippen LogP contribution in [0.3, 0.4) is 0 Å². The largest absolute Gasteiger partial charge is 0.330 e. The van der Waals surface area contributed by atoms with E-state index in [9.17, 15) is 0 Å². The summed E-state index contributed by atoms with van der Waals surface area (Å²) in [6.07, 6.45) is 0.944. The smallest absolute Gasteiger partial charge is 0 e. The molecule has 0 aromatic heterocycles. The van der Waals surface area contributed by atoms with Crippen LogP contribution >= 0.6 is 0 Å². The molecule has 36 valence electrons. The Morgan fingerprint density at radius 3 is 1.33 bits per heavy atom. The van der Waals surface area contributed by atoms with Gasteiger partial charge in [0.1, 0.15) is 0 Å². The molecule has 0 fully saturated rings. The molecule has 6 heavy (non-hydrogen) atoms. The van der Waals surface area contributed by atoms with Crippen molar-refractivity contribution in [2.75, 3.05) is 13.1 Å². The second-order valence-corrected chi connectivity index (χ2v) is 0.931. The normalized spacial score (nSPS) is 7.00. The Labute approximate surface area is 55.2 Å². The Hall–Kier alpha value is 0.719. The minimum atomic E-state index is 0. The summed E-state index contributed by atoms with van der Waals surface area (Å²) in [5.41, 5.74) is 10.1. The number of hydrogen-bond acceptors (Lipinski definition) is 2. The van der Waals surface area contributed by atoms with Crippen LogP contribution in [-0.2, 0) is 0 Å². The topological polar surface area (TPSA) is 52.0 Å². The zero-order valence-electron chi connectivity index (χ0n) is 3.78. The molecule has 0 amide bonds. The van der Waals surface area contributed by atoms with E-state index in [1.54, 1.807) is 0 Å². The summed E-state index contributed by atoms with van der Waals surface area (Å²) in [5.74, 6) is 0. The third kappa shape index (κ3) is 8.83. The Morgan fingerprint density at radius 2 is 1.33 bits per heavy atom. The van der Waals surface area contributed by atoms with Crippen molar-refractivity contribution in [3.05, 3.63) is 0 Å². The summed E-state index contributed by atoms with van der Waals surface area (Å²) >= 11 is 0. The molecular weight excluding hydrogens is 183 g/mol.